The summed E-state index contributed by atoms with van der Waals surface area (Å²) in [6, 6.07) is 84.5. The van der Waals surface area contributed by atoms with Crippen LogP contribution in [0.1, 0.15) is 11.1 Å². The van der Waals surface area contributed by atoms with Crippen molar-refractivity contribution in [1.82, 2.24) is 9.13 Å². The number of aryl methyl sites for hydroxylation is 2. The summed E-state index contributed by atoms with van der Waals surface area (Å²) in [6.07, 6.45) is 0. The van der Waals surface area contributed by atoms with Gasteiger partial charge in [-0.3, -0.25) is 0 Å². The molecule has 0 radical (unpaired) electrons. The van der Waals surface area contributed by atoms with Gasteiger partial charge >= 0.3 is 0 Å². The van der Waals surface area contributed by atoms with Crippen molar-refractivity contribution < 1.29 is 0 Å². The van der Waals surface area contributed by atoms with Crippen LogP contribution in [0.2, 0.25) is 0 Å². The van der Waals surface area contributed by atoms with Gasteiger partial charge in [0.05, 0.1) is 22.4 Å². The van der Waals surface area contributed by atoms with E-state index >= 15 is 0 Å². The Bertz CT molecular complexity index is 3010. The van der Waals surface area contributed by atoms with E-state index in [9.17, 15) is 0 Å². The zero-order valence-corrected chi connectivity index (χ0v) is 34.8. The molecule has 0 spiro atoms. The van der Waals surface area contributed by atoms with Crippen LogP contribution in [0, 0.1) is 13.8 Å². The van der Waals surface area contributed by atoms with Crippen molar-refractivity contribution in [3.05, 3.63) is 242 Å². The fourth-order valence-corrected chi connectivity index (χ4v) is 9.01. The maximum absolute atomic E-state index is 2.48. The molecule has 2 nitrogen and oxygen atoms in total. The van der Waals surface area contributed by atoms with Crippen LogP contribution in [0.25, 0.3) is 100 Å². The molecule has 0 fully saturated rings. The molecule has 2 heteroatoms. The summed E-state index contributed by atoms with van der Waals surface area (Å²) in [5, 5.41) is 2.36. The van der Waals surface area contributed by atoms with E-state index < -0.39 is 0 Å². The lowest BCUT2D eigenvalue weighted by molar-refractivity contribution is 1.13. The number of benzene rings is 9. The molecule has 0 aliphatic heterocycles. The molecule has 294 valence electrons. The van der Waals surface area contributed by atoms with Crippen molar-refractivity contribution in [3.63, 3.8) is 0 Å². The Hall–Kier alpha value is -7.94. The largest absolute Gasteiger partial charge is 0.309 e. The summed E-state index contributed by atoms with van der Waals surface area (Å²) in [6.45, 7) is 4.31. The van der Waals surface area contributed by atoms with E-state index in [0.29, 0.717) is 0 Å². The van der Waals surface area contributed by atoms with Crippen molar-refractivity contribution in [3.8, 4) is 78.4 Å². The fourth-order valence-electron chi connectivity index (χ4n) is 9.01. The summed E-state index contributed by atoms with van der Waals surface area (Å²) < 4.78 is 4.95. The summed E-state index contributed by atoms with van der Waals surface area (Å²) >= 11 is 0. The summed E-state index contributed by atoms with van der Waals surface area (Å²) in [5.41, 5.74) is 21.2. The monoisotopic (exact) mass is 792 g/mol. The van der Waals surface area contributed by atoms with Gasteiger partial charge in [-0.05, 0) is 130 Å². The zero-order valence-electron chi connectivity index (χ0n) is 34.8. The van der Waals surface area contributed by atoms with Crippen LogP contribution in [0.15, 0.2) is 231 Å². The Labute approximate surface area is 363 Å². The van der Waals surface area contributed by atoms with Crippen LogP contribution in [0.3, 0.4) is 0 Å². The van der Waals surface area contributed by atoms with Crippen LogP contribution in [-0.4, -0.2) is 9.13 Å². The highest BCUT2D eigenvalue weighted by molar-refractivity contribution is 6.03. The lowest BCUT2D eigenvalue weighted by Crippen LogP contribution is -1.99. The quantitative estimate of drug-likeness (QED) is 0.145. The van der Waals surface area contributed by atoms with Gasteiger partial charge in [0.1, 0.15) is 0 Å². The minimum Gasteiger partial charge on any atom is -0.309 e. The van der Waals surface area contributed by atoms with Crippen molar-refractivity contribution in [2.75, 3.05) is 0 Å². The van der Waals surface area contributed by atoms with E-state index in [-0.39, 0.29) is 0 Å². The average molecular weight is 793 g/mol. The first-order valence-corrected chi connectivity index (χ1v) is 21.4. The van der Waals surface area contributed by atoms with Gasteiger partial charge in [0, 0.05) is 22.1 Å². The van der Waals surface area contributed by atoms with Gasteiger partial charge in [-0.25, -0.2) is 0 Å². The molecule has 0 unspecified atom stereocenters. The third kappa shape index (κ3) is 6.92. The lowest BCUT2D eigenvalue weighted by atomic mass is 9.97. The minimum atomic E-state index is 1.12. The van der Waals surface area contributed by atoms with Gasteiger partial charge in [-0.1, -0.05) is 181 Å². The van der Waals surface area contributed by atoms with E-state index in [1.807, 2.05) is 0 Å². The lowest BCUT2D eigenvalue weighted by Gasteiger charge is -2.17. The molecule has 0 bridgehead atoms. The highest BCUT2D eigenvalue weighted by Crippen LogP contribution is 2.41. The van der Waals surface area contributed by atoms with Gasteiger partial charge in [0.15, 0.2) is 0 Å². The standard InChI is InChI=1S/C60H44N2/c1-41-23-27-47(28-24-41)57-37-53-39-60-54(40-59(53)61(57)55-33-49(43-15-7-3-8-16-43)31-50(34-55)44-17-9-4-10-18-44)38-58(48-29-25-42(2)26-30-48)62(60)56-35-51(45-19-11-5-12-20-45)32-52(36-56)46-21-13-6-14-22-46/h3-40H,1-2H3. The first kappa shape index (κ1) is 37.1. The first-order valence-electron chi connectivity index (χ1n) is 21.4. The second-order valence-electron chi connectivity index (χ2n) is 16.4. The van der Waals surface area contributed by atoms with E-state index in [1.54, 1.807) is 0 Å². The summed E-state index contributed by atoms with van der Waals surface area (Å²) in [5.74, 6) is 0. The van der Waals surface area contributed by atoms with Gasteiger partial charge in [-0.15, -0.1) is 0 Å². The molecule has 0 saturated heterocycles. The van der Waals surface area contributed by atoms with Crippen molar-refractivity contribution in [2.45, 2.75) is 13.8 Å². The Morgan fingerprint density at radius 2 is 0.532 bits per heavy atom. The van der Waals surface area contributed by atoms with Gasteiger partial charge in [0.2, 0.25) is 0 Å². The van der Waals surface area contributed by atoms with E-state index in [4.69, 9.17) is 0 Å². The van der Waals surface area contributed by atoms with Crippen LogP contribution < -0.4 is 0 Å². The van der Waals surface area contributed by atoms with Crippen LogP contribution in [0.5, 0.6) is 0 Å². The Balaban J connectivity index is 1.21. The zero-order chi connectivity index (χ0) is 41.6. The average Bonchev–Trinajstić information content (AvgIpc) is 3.90. The highest BCUT2D eigenvalue weighted by atomic mass is 15.0. The van der Waals surface area contributed by atoms with E-state index in [1.165, 1.54) is 77.5 Å². The minimum absolute atomic E-state index is 1.12. The van der Waals surface area contributed by atoms with Crippen molar-refractivity contribution >= 4 is 21.8 Å². The van der Waals surface area contributed by atoms with Crippen molar-refractivity contribution in [2.24, 2.45) is 0 Å². The predicted molar refractivity (Wildman–Crippen MR) is 262 cm³/mol. The van der Waals surface area contributed by atoms with Gasteiger partial charge in [-0.2, -0.15) is 0 Å². The third-order valence-corrected chi connectivity index (χ3v) is 12.2. The third-order valence-electron chi connectivity index (χ3n) is 12.2. The Morgan fingerprint density at radius 1 is 0.242 bits per heavy atom. The molecule has 0 saturated carbocycles. The maximum Gasteiger partial charge on any atom is 0.0542 e. The topological polar surface area (TPSA) is 9.86 Å². The molecule has 0 amide bonds. The number of rotatable bonds is 8. The molecule has 62 heavy (non-hydrogen) atoms. The molecular weight excluding hydrogens is 749 g/mol. The molecule has 11 aromatic rings. The fraction of sp³-hybridized carbons (Fsp3) is 0.0333. The van der Waals surface area contributed by atoms with Crippen LogP contribution in [-0.2, 0) is 0 Å². The molecule has 2 aromatic heterocycles. The second kappa shape index (κ2) is 15.6. The predicted octanol–water partition coefficient (Wildman–Crippen LogP) is 16.2. The molecular formula is C60H44N2. The SMILES string of the molecule is Cc1ccc(-c2cc3cc4c(cc(-c5ccc(C)cc5)n4-c4cc(-c5ccccc5)cc(-c5ccccc5)c4)cc3n2-c2cc(-c3ccccc3)cc(-c3ccccc3)c2)cc1. The van der Waals surface area contributed by atoms with E-state index in [0.717, 1.165) is 33.8 Å². The Kier molecular flexibility index (Phi) is 9.32. The smallest absolute Gasteiger partial charge is 0.0542 e. The number of fused-ring (bicyclic) bond motifs is 2. The van der Waals surface area contributed by atoms with Gasteiger partial charge in [0.25, 0.3) is 0 Å². The molecule has 9 aromatic carbocycles. The van der Waals surface area contributed by atoms with Crippen LogP contribution >= 0.6 is 0 Å². The highest BCUT2D eigenvalue weighted by Gasteiger charge is 2.20. The number of hydrogen-bond acceptors (Lipinski definition) is 0. The molecule has 0 aliphatic rings. The van der Waals surface area contributed by atoms with E-state index in [2.05, 4.69) is 254 Å². The number of nitrogens with zero attached hydrogens (tertiary/aromatic N) is 2. The maximum atomic E-state index is 2.48. The molecule has 2 heterocycles. The number of aromatic nitrogens is 2. The Morgan fingerprint density at radius 3 is 0.823 bits per heavy atom. The summed E-state index contributed by atoms with van der Waals surface area (Å²) in [7, 11) is 0. The first-order chi connectivity index (χ1) is 30.5. The molecule has 0 aliphatic carbocycles. The normalized spacial score (nSPS) is 11.4. The van der Waals surface area contributed by atoms with Gasteiger partial charge < -0.3 is 9.13 Å². The number of hydrogen-bond donors (Lipinski definition) is 0. The second-order valence-corrected chi connectivity index (χ2v) is 16.4. The molecule has 11 rings (SSSR count). The summed E-state index contributed by atoms with van der Waals surface area (Å²) in [4.78, 5) is 0. The molecule has 0 atom stereocenters. The van der Waals surface area contributed by atoms with Crippen molar-refractivity contribution in [1.29, 1.82) is 0 Å². The molecule has 0 N–H and O–H groups in total. The van der Waals surface area contributed by atoms with Crippen LogP contribution in [0.4, 0.5) is 0 Å².